The second-order valence-electron chi connectivity index (χ2n) is 4.81. The first-order valence-corrected chi connectivity index (χ1v) is 6.67. The van der Waals surface area contributed by atoms with Crippen molar-refractivity contribution in [2.45, 2.75) is 20.0 Å². The molecule has 0 saturated carbocycles. The molecule has 0 fully saturated rings. The topological polar surface area (TPSA) is 98.1 Å². The molecule has 2 aromatic heterocycles. The van der Waals surface area contributed by atoms with Gasteiger partial charge in [-0.05, 0) is 24.4 Å². The summed E-state index contributed by atoms with van der Waals surface area (Å²) >= 11 is 0. The minimum atomic E-state index is -0.705. The lowest BCUT2D eigenvalue weighted by molar-refractivity contribution is 0.0270. The smallest absolute Gasteiger partial charge is 0.355 e. The van der Waals surface area contributed by atoms with Crippen molar-refractivity contribution in [2.75, 3.05) is 0 Å². The van der Waals surface area contributed by atoms with E-state index in [1.165, 1.54) is 0 Å². The molecule has 0 bridgehead atoms. The Morgan fingerprint density at radius 3 is 2.82 bits per heavy atom. The number of hydrogen-bond donors (Lipinski definition) is 1. The van der Waals surface area contributed by atoms with Gasteiger partial charge in [0.15, 0.2) is 6.10 Å². The summed E-state index contributed by atoms with van der Waals surface area (Å²) in [7, 11) is 0. The third-order valence-electron chi connectivity index (χ3n) is 3.15. The SMILES string of the molecule is Cc1nnc(C(C)OC(=O)c2cc3ccccc3c(=O)[nH]2)o1. The maximum atomic E-state index is 12.1. The molecule has 112 valence electrons. The van der Waals surface area contributed by atoms with Crippen LogP contribution >= 0.6 is 0 Å². The molecular formula is C15H13N3O4. The average molecular weight is 299 g/mol. The van der Waals surface area contributed by atoms with Crippen molar-refractivity contribution in [1.29, 1.82) is 0 Å². The van der Waals surface area contributed by atoms with E-state index >= 15 is 0 Å². The van der Waals surface area contributed by atoms with E-state index in [1.807, 2.05) is 0 Å². The zero-order chi connectivity index (χ0) is 15.7. The van der Waals surface area contributed by atoms with E-state index in [0.29, 0.717) is 16.7 Å². The van der Waals surface area contributed by atoms with E-state index in [-0.39, 0.29) is 17.1 Å². The van der Waals surface area contributed by atoms with Gasteiger partial charge in [0.2, 0.25) is 5.89 Å². The Morgan fingerprint density at radius 1 is 1.32 bits per heavy atom. The number of ether oxygens (including phenoxy) is 1. The molecule has 0 radical (unpaired) electrons. The monoisotopic (exact) mass is 299 g/mol. The minimum absolute atomic E-state index is 0.0757. The maximum absolute atomic E-state index is 12.1. The van der Waals surface area contributed by atoms with Crippen molar-refractivity contribution >= 4 is 16.7 Å². The standard InChI is InChI=1S/C15H13N3O4/c1-8(14-18-17-9(2)22-14)21-15(20)12-7-10-5-3-4-6-11(10)13(19)16-12/h3-8H,1-2H3,(H,16,19). The number of rotatable bonds is 3. The van der Waals surface area contributed by atoms with Crippen LogP contribution < -0.4 is 5.56 Å². The van der Waals surface area contributed by atoms with Gasteiger partial charge >= 0.3 is 5.97 Å². The van der Waals surface area contributed by atoms with Gasteiger partial charge in [-0.1, -0.05) is 18.2 Å². The van der Waals surface area contributed by atoms with Gasteiger partial charge in [-0.3, -0.25) is 4.79 Å². The molecule has 0 aliphatic carbocycles. The van der Waals surface area contributed by atoms with Crippen LogP contribution in [0.25, 0.3) is 10.8 Å². The second-order valence-corrected chi connectivity index (χ2v) is 4.81. The quantitative estimate of drug-likeness (QED) is 0.744. The molecule has 3 aromatic rings. The highest BCUT2D eigenvalue weighted by Gasteiger charge is 2.19. The molecule has 1 unspecified atom stereocenters. The van der Waals surface area contributed by atoms with E-state index in [2.05, 4.69) is 15.2 Å². The predicted octanol–water partition coefficient (Wildman–Crippen LogP) is 2.14. The number of hydrogen-bond acceptors (Lipinski definition) is 6. The van der Waals surface area contributed by atoms with E-state index in [0.717, 1.165) is 0 Å². The molecule has 7 nitrogen and oxygen atoms in total. The van der Waals surface area contributed by atoms with Crippen molar-refractivity contribution < 1.29 is 13.9 Å². The molecule has 3 rings (SSSR count). The zero-order valence-electron chi connectivity index (χ0n) is 12.0. The Kier molecular flexibility index (Phi) is 3.46. The molecule has 0 aliphatic rings. The number of nitrogens with zero attached hydrogens (tertiary/aromatic N) is 2. The molecule has 22 heavy (non-hydrogen) atoms. The Labute approximate surface area is 124 Å². The van der Waals surface area contributed by atoms with Crippen LogP contribution in [0.2, 0.25) is 0 Å². The van der Waals surface area contributed by atoms with Gasteiger partial charge in [-0.25, -0.2) is 4.79 Å². The molecule has 0 saturated heterocycles. The fraction of sp³-hybridized carbons (Fsp3) is 0.200. The molecule has 0 aliphatic heterocycles. The summed E-state index contributed by atoms with van der Waals surface area (Å²) in [6, 6.07) is 8.57. The summed E-state index contributed by atoms with van der Waals surface area (Å²) in [6.07, 6.45) is -0.705. The van der Waals surface area contributed by atoms with Crippen LogP contribution in [0, 0.1) is 6.92 Å². The lowest BCUT2D eigenvalue weighted by Crippen LogP contribution is -2.16. The number of benzene rings is 1. The number of aromatic amines is 1. The Bertz CT molecular complexity index is 897. The summed E-state index contributed by atoms with van der Waals surface area (Å²) in [5, 5.41) is 8.65. The first-order chi connectivity index (χ1) is 10.5. The number of aromatic nitrogens is 3. The van der Waals surface area contributed by atoms with E-state index in [1.54, 1.807) is 44.2 Å². The van der Waals surface area contributed by atoms with Gasteiger partial charge in [0.1, 0.15) is 5.69 Å². The molecule has 2 heterocycles. The van der Waals surface area contributed by atoms with Crippen molar-refractivity contribution in [3.63, 3.8) is 0 Å². The van der Waals surface area contributed by atoms with Gasteiger partial charge in [-0.2, -0.15) is 0 Å². The van der Waals surface area contributed by atoms with Crippen LogP contribution in [0.1, 0.15) is 35.3 Å². The van der Waals surface area contributed by atoms with Crippen molar-refractivity contribution in [1.82, 2.24) is 15.2 Å². The van der Waals surface area contributed by atoms with Gasteiger partial charge in [0.05, 0.1) is 0 Å². The Balaban J connectivity index is 1.87. The number of fused-ring (bicyclic) bond motifs is 1. The number of pyridine rings is 1. The largest absolute Gasteiger partial charge is 0.448 e. The average Bonchev–Trinajstić information content (AvgIpc) is 2.94. The predicted molar refractivity (Wildman–Crippen MR) is 77.4 cm³/mol. The Morgan fingerprint density at radius 2 is 2.09 bits per heavy atom. The third-order valence-corrected chi connectivity index (χ3v) is 3.15. The summed E-state index contributed by atoms with van der Waals surface area (Å²) in [6.45, 7) is 3.26. The van der Waals surface area contributed by atoms with Crippen molar-refractivity contribution in [3.8, 4) is 0 Å². The summed E-state index contributed by atoms with van der Waals surface area (Å²) < 4.78 is 10.4. The van der Waals surface area contributed by atoms with Gasteiger partial charge in [0, 0.05) is 12.3 Å². The summed E-state index contributed by atoms with van der Waals surface area (Å²) in [5.41, 5.74) is -0.266. The number of carbonyl (C=O) groups is 1. The third kappa shape index (κ3) is 2.60. The summed E-state index contributed by atoms with van der Waals surface area (Å²) in [5.74, 6) is -0.0720. The first-order valence-electron chi connectivity index (χ1n) is 6.67. The van der Waals surface area contributed by atoms with E-state index in [9.17, 15) is 9.59 Å². The van der Waals surface area contributed by atoms with Crippen LogP contribution in [0.3, 0.4) is 0 Å². The van der Waals surface area contributed by atoms with Gasteiger partial charge < -0.3 is 14.1 Å². The molecule has 0 spiro atoms. The highest BCUT2D eigenvalue weighted by atomic mass is 16.6. The van der Waals surface area contributed by atoms with Crippen LogP contribution in [0.4, 0.5) is 0 Å². The summed E-state index contributed by atoms with van der Waals surface area (Å²) in [4.78, 5) is 26.6. The van der Waals surface area contributed by atoms with Crippen molar-refractivity contribution in [3.05, 3.63) is 58.2 Å². The second kappa shape index (κ2) is 5.44. The molecule has 1 aromatic carbocycles. The van der Waals surface area contributed by atoms with Crippen LogP contribution in [0.15, 0.2) is 39.5 Å². The fourth-order valence-electron chi connectivity index (χ4n) is 2.07. The number of nitrogens with one attached hydrogen (secondary N) is 1. The highest BCUT2D eigenvalue weighted by Crippen LogP contribution is 2.17. The minimum Gasteiger partial charge on any atom is -0.448 e. The molecule has 1 N–H and O–H groups in total. The van der Waals surface area contributed by atoms with E-state index in [4.69, 9.17) is 9.15 Å². The first kappa shape index (κ1) is 14.0. The number of esters is 1. The van der Waals surface area contributed by atoms with Crippen LogP contribution in [-0.2, 0) is 4.74 Å². The highest BCUT2D eigenvalue weighted by molar-refractivity contribution is 5.92. The van der Waals surface area contributed by atoms with Crippen LogP contribution in [-0.4, -0.2) is 21.2 Å². The zero-order valence-corrected chi connectivity index (χ0v) is 12.0. The lowest BCUT2D eigenvalue weighted by atomic mass is 10.1. The molecule has 7 heteroatoms. The van der Waals surface area contributed by atoms with Crippen molar-refractivity contribution in [2.24, 2.45) is 0 Å². The fourth-order valence-corrected chi connectivity index (χ4v) is 2.07. The molecule has 0 amide bonds. The number of carbonyl (C=O) groups excluding carboxylic acids is 1. The van der Waals surface area contributed by atoms with Crippen LogP contribution in [0.5, 0.6) is 0 Å². The maximum Gasteiger partial charge on any atom is 0.355 e. The number of aryl methyl sites for hydroxylation is 1. The lowest BCUT2D eigenvalue weighted by Gasteiger charge is -2.09. The van der Waals surface area contributed by atoms with Gasteiger partial charge in [0.25, 0.3) is 11.4 Å². The molecule has 1 atom stereocenters. The van der Waals surface area contributed by atoms with Gasteiger partial charge in [-0.15, -0.1) is 10.2 Å². The number of H-pyrrole nitrogens is 1. The molecular weight excluding hydrogens is 286 g/mol. The Hall–Kier alpha value is -2.96. The van der Waals surface area contributed by atoms with E-state index < -0.39 is 12.1 Å². The normalized spacial score (nSPS) is 12.3.